The number of aryl methyl sites for hydroxylation is 1. The van der Waals surface area contributed by atoms with Gasteiger partial charge in [-0.3, -0.25) is 4.90 Å². The molecule has 3 heterocycles. The highest BCUT2D eigenvalue weighted by molar-refractivity contribution is 7.22. The number of rotatable bonds is 5. The third-order valence-corrected chi connectivity index (χ3v) is 5.31. The molecule has 24 heavy (non-hydrogen) atoms. The van der Waals surface area contributed by atoms with Crippen molar-refractivity contribution in [1.82, 2.24) is 9.88 Å². The lowest BCUT2D eigenvalue weighted by molar-refractivity contribution is 0.0143. The van der Waals surface area contributed by atoms with Crippen molar-refractivity contribution >= 4 is 26.7 Å². The van der Waals surface area contributed by atoms with Gasteiger partial charge in [-0.2, -0.15) is 0 Å². The van der Waals surface area contributed by atoms with E-state index in [4.69, 9.17) is 9.15 Å². The summed E-state index contributed by atoms with van der Waals surface area (Å²) in [4.78, 5) is 7.08. The van der Waals surface area contributed by atoms with Crippen LogP contribution in [0.25, 0.3) is 10.2 Å². The van der Waals surface area contributed by atoms with Gasteiger partial charge in [-0.25, -0.2) is 4.98 Å². The second kappa shape index (κ2) is 6.93. The summed E-state index contributed by atoms with van der Waals surface area (Å²) in [7, 11) is 0. The molecular weight excluding hydrogens is 322 g/mol. The fourth-order valence-electron chi connectivity index (χ4n) is 3.06. The first-order chi connectivity index (χ1) is 11.8. The Hall–Kier alpha value is -1.89. The summed E-state index contributed by atoms with van der Waals surface area (Å²) in [5.74, 6) is 1.95. The topological polar surface area (TPSA) is 50.5 Å². The number of para-hydroxylation sites is 1. The first-order valence-electron chi connectivity index (χ1n) is 8.27. The molecule has 2 aromatic heterocycles. The number of morpholine rings is 1. The van der Waals surface area contributed by atoms with Crippen LogP contribution >= 0.6 is 11.3 Å². The molecule has 0 aliphatic carbocycles. The molecular formula is C18H21N3O2S. The Balaban J connectivity index is 1.52. The van der Waals surface area contributed by atoms with Gasteiger partial charge < -0.3 is 14.5 Å². The van der Waals surface area contributed by atoms with Gasteiger partial charge in [0.1, 0.15) is 11.5 Å². The second-order valence-corrected chi connectivity index (χ2v) is 7.01. The average Bonchev–Trinajstić information content (AvgIpc) is 3.22. The molecule has 1 unspecified atom stereocenters. The van der Waals surface area contributed by atoms with E-state index >= 15 is 0 Å². The molecule has 0 radical (unpaired) electrons. The lowest BCUT2D eigenvalue weighted by Gasteiger charge is -2.33. The lowest BCUT2D eigenvalue weighted by atomic mass is 10.1. The number of ether oxygens (including phenoxy) is 1. The van der Waals surface area contributed by atoms with Crippen LogP contribution in [0.3, 0.4) is 0 Å². The number of benzene rings is 1. The number of nitrogens with zero attached hydrogens (tertiary/aromatic N) is 2. The van der Waals surface area contributed by atoms with Crippen LogP contribution in [0.1, 0.15) is 17.6 Å². The van der Waals surface area contributed by atoms with Gasteiger partial charge in [-0.15, -0.1) is 0 Å². The standard InChI is InChI=1S/C18H21N3O2S/c1-13-6-7-16(23-13)15(21-8-10-22-11-9-21)12-19-18-20-14-4-2-3-5-17(14)24-18/h2-7,15H,8-12H2,1H3,(H,19,20). The van der Waals surface area contributed by atoms with Crippen LogP contribution in [0.5, 0.6) is 0 Å². The molecule has 0 amide bonds. The maximum atomic E-state index is 5.91. The zero-order valence-corrected chi connectivity index (χ0v) is 14.5. The van der Waals surface area contributed by atoms with Gasteiger partial charge in [0.25, 0.3) is 0 Å². The van der Waals surface area contributed by atoms with Gasteiger partial charge in [0.15, 0.2) is 5.13 Å². The summed E-state index contributed by atoms with van der Waals surface area (Å²) in [6.07, 6.45) is 0. The van der Waals surface area contributed by atoms with Crippen molar-refractivity contribution in [3.05, 3.63) is 47.9 Å². The van der Waals surface area contributed by atoms with Crippen molar-refractivity contribution in [3.8, 4) is 0 Å². The molecule has 1 fully saturated rings. The lowest BCUT2D eigenvalue weighted by Crippen LogP contribution is -2.41. The van der Waals surface area contributed by atoms with Gasteiger partial charge in [-0.05, 0) is 31.2 Å². The molecule has 0 saturated carbocycles. The van der Waals surface area contributed by atoms with E-state index in [0.29, 0.717) is 0 Å². The molecule has 1 aliphatic heterocycles. The minimum absolute atomic E-state index is 0.189. The molecule has 0 bridgehead atoms. The highest BCUT2D eigenvalue weighted by Crippen LogP contribution is 2.28. The Morgan fingerprint density at radius 3 is 2.79 bits per heavy atom. The van der Waals surface area contributed by atoms with Crippen LogP contribution in [0.4, 0.5) is 5.13 Å². The summed E-state index contributed by atoms with van der Waals surface area (Å²) in [5, 5.41) is 4.46. The maximum absolute atomic E-state index is 5.91. The number of thiazole rings is 1. The number of nitrogens with one attached hydrogen (secondary N) is 1. The predicted molar refractivity (Wildman–Crippen MR) is 96.7 cm³/mol. The monoisotopic (exact) mass is 343 g/mol. The Kier molecular flexibility index (Phi) is 4.51. The van der Waals surface area contributed by atoms with E-state index in [-0.39, 0.29) is 6.04 Å². The quantitative estimate of drug-likeness (QED) is 0.766. The normalized spacial score (nSPS) is 17.2. The number of hydrogen-bond donors (Lipinski definition) is 1. The summed E-state index contributed by atoms with van der Waals surface area (Å²) >= 11 is 1.69. The highest BCUT2D eigenvalue weighted by Gasteiger charge is 2.25. The number of aromatic nitrogens is 1. The molecule has 3 aromatic rings. The van der Waals surface area contributed by atoms with Crippen molar-refractivity contribution in [2.45, 2.75) is 13.0 Å². The van der Waals surface area contributed by atoms with Crippen LogP contribution in [0, 0.1) is 6.92 Å². The Morgan fingerprint density at radius 2 is 2.04 bits per heavy atom. The number of anilines is 1. The minimum atomic E-state index is 0.189. The van der Waals surface area contributed by atoms with E-state index in [1.165, 1.54) is 4.70 Å². The molecule has 126 valence electrons. The fraction of sp³-hybridized carbons (Fsp3) is 0.389. The summed E-state index contributed by atoms with van der Waals surface area (Å²) < 4.78 is 12.6. The smallest absolute Gasteiger partial charge is 0.183 e. The van der Waals surface area contributed by atoms with Crippen molar-refractivity contribution in [2.75, 3.05) is 38.2 Å². The second-order valence-electron chi connectivity index (χ2n) is 5.98. The number of furan rings is 1. The first-order valence-corrected chi connectivity index (χ1v) is 9.09. The highest BCUT2D eigenvalue weighted by atomic mass is 32.1. The van der Waals surface area contributed by atoms with Gasteiger partial charge in [0.2, 0.25) is 0 Å². The SMILES string of the molecule is Cc1ccc(C(CNc2nc3ccccc3s2)N2CCOCC2)o1. The molecule has 1 N–H and O–H groups in total. The number of hydrogen-bond acceptors (Lipinski definition) is 6. The Morgan fingerprint density at radius 1 is 1.21 bits per heavy atom. The molecule has 1 aliphatic rings. The molecule has 5 nitrogen and oxygen atoms in total. The Bertz CT molecular complexity index is 774. The van der Waals surface area contributed by atoms with Crippen LogP contribution in [0.2, 0.25) is 0 Å². The fourth-order valence-corrected chi connectivity index (χ4v) is 3.94. The summed E-state index contributed by atoms with van der Waals surface area (Å²) in [6, 6.07) is 12.5. The van der Waals surface area contributed by atoms with E-state index in [1.807, 2.05) is 31.2 Å². The summed E-state index contributed by atoms with van der Waals surface area (Å²) in [5.41, 5.74) is 1.04. The largest absolute Gasteiger partial charge is 0.465 e. The van der Waals surface area contributed by atoms with Crippen LogP contribution in [-0.2, 0) is 4.74 Å². The summed E-state index contributed by atoms with van der Waals surface area (Å²) in [6.45, 7) is 6.15. The maximum Gasteiger partial charge on any atom is 0.183 e. The molecule has 6 heteroatoms. The average molecular weight is 343 g/mol. The van der Waals surface area contributed by atoms with Crippen molar-refractivity contribution in [2.24, 2.45) is 0 Å². The third-order valence-electron chi connectivity index (χ3n) is 4.32. The predicted octanol–water partition coefficient (Wildman–Crippen LogP) is 3.68. The zero-order valence-electron chi connectivity index (χ0n) is 13.7. The molecule has 1 aromatic carbocycles. The van der Waals surface area contributed by atoms with Crippen molar-refractivity contribution in [3.63, 3.8) is 0 Å². The third kappa shape index (κ3) is 3.31. The molecule has 1 saturated heterocycles. The molecule has 1 atom stereocenters. The number of fused-ring (bicyclic) bond motifs is 1. The van der Waals surface area contributed by atoms with Gasteiger partial charge >= 0.3 is 0 Å². The van der Waals surface area contributed by atoms with Gasteiger partial charge in [0.05, 0.1) is 29.5 Å². The van der Waals surface area contributed by atoms with E-state index in [2.05, 4.69) is 27.3 Å². The zero-order chi connectivity index (χ0) is 16.4. The van der Waals surface area contributed by atoms with Crippen LogP contribution in [-0.4, -0.2) is 42.7 Å². The minimum Gasteiger partial charge on any atom is -0.465 e. The van der Waals surface area contributed by atoms with Crippen molar-refractivity contribution < 1.29 is 9.15 Å². The molecule has 4 rings (SSSR count). The van der Waals surface area contributed by atoms with E-state index in [9.17, 15) is 0 Å². The Labute approximate surface area is 145 Å². The van der Waals surface area contributed by atoms with E-state index in [1.54, 1.807) is 11.3 Å². The van der Waals surface area contributed by atoms with E-state index in [0.717, 1.165) is 55.0 Å². The van der Waals surface area contributed by atoms with Gasteiger partial charge in [-0.1, -0.05) is 23.5 Å². The van der Waals surface area contributed by atoms with E-state index < -0.39 is 0 Å². The molecule has 0 spiro atoms. The first kappa shape index (κ1) is 15.6. The van der Waals surface area contributed by atoms with Crippen molar-refractivity contribution in [1.29, 1.82) is 0 Å². The van der Waals surface area contributed by atoms with Crippen LogP contribution in [0.15, 0.2) is 40.8 Å². The van der Waals surface area contributed by atoms with Gasteiger partial charge in [0, 0.05) is 19.6 Å². The van der Waals surface area contributed by atoms with Crippen LogP contribution < -0.4 is 5.32 Å².